The lowest BCUT2D eigenvalue weighted by Crippen LogP contribution is -2.18. The van der Waals surface area contributed by atoms with Crippen molar-refractivity contribution in [1.82, 2.24) is 9.55 Å². The van der Waals surface area contributed by atoms with Crippen LogP contribution in [0.25, 0.3) is 16.7 Å². The van der Waals surface area contributed by atoms with Crippen LogP contribution in [-0.4, -0.2) is 32.9 Å². The molecule has 0 bridgehead atoms. The number of aromatic nitrogens is 2. The Hall–Kier alpha value is -3.56. The second-order valence-corrected chi connectivity index (χ2v) is 6.43. The fourth-order valence-electron chi connectivity index (χ4n) is 2.91. The number of aliphatic carboxylic acids is 1. The molecule has 1 unspecified atom stereocenters. The quantitative estimate of drug-likeness (QED) is 0.652. The Balaban J connectivity index is 2.14. The number of benzene rings is 1. The molecule has 2 aromatic heterocycles. The van der Waals surface area contributed by atoms with E-state index in [0.29, 0.717) is 11.1 Å². The molecule has 0 aliphatic carbocycles. The molecule has 0 aliphatic rings. The topological polar surface area (TPSA) is 107 Å². The third-order valence-electron chi connectivity index (χ3n) is 4.22. The second kappa shape index (κ2) is 7.46. The summed E-state index contributed by atoms with van der Waals surface area (Å²) in [5, 5.41) is 9.54. The van der Waals surface area contributed by atoms with Gasteiger partial charge in [0.05, 0.1) is 11.4 Å². The van der Waals surface area contributed by atoms with Gasteiger partial charge in [-0.3, -0.25) is 14.2 Å². The van der Waals surface area contributed by atoms with E-state index in [4.69, 9.17) is 10.8 Å². The number of carbonyl (C=O) groups excluding carboxylic acids is 1. The van der Waals surface area contributed by atoms with Crippen molar-refractivity contribution >= 4 is 22.8 Å². The summed E-state index contributed by atoms with van der Waals surface area (Å²) in [6.45, 7) is 1.53. The molecule has 0 saturated heterocycles. The number of pyridine rings is 1. The molecule has 0 fully saturated rings. The molecule has 0 saturated carbocycles. The highest BCUT2D eigenvalue weighted by atomic mass is 19.4. The molecule has 0 aliphatic heterocycles. The smallest absolute Gasteiger partial charge is 0.481 e. The van der Waals surface area contributed by atoms with Crippen LogP contribution in [0, 0.1) is 5.92 Å². The number of carbonyl (C=O) groups is 2. The molecule has 0 spiro atoms. The number of carboxylic acids is 1. The van der Waals surface area contributed by atoms with Gasteiger partial charge in [-0.05, 0) is 30.3 Å². The maximum absolute atomic E-state index is 12.6. The largest absolute Gasteiger partial charge is 0.573 e. The molecule has 3 N–H and O–H groups in total. The third-order valence-corrected chi connectivity index (χ3v) is 4.22. The lowest BCUT2D eigenvalue weighted by atomic mass is 10.1. The number of fused-ring (bicyclic) bond motifs is 1. The molecule has 1 atom stereocenters. The van der Waals surface area contributed by atoms with Crippen molar-refractivity contribution in [3.63, 3.8) is 0 Å². The van der Waals surface area contributed by atoms with Crippen molar-refractivity contribution < 1.29 is 32.6 Å². The average molecular weight is 407 g/mol. The molecule has 1 amide bonds. The van der Waals surface area contributed by atoms with Crippen LogP contribution in [0.4, 0.5) is 13.2 Å². The number of alkyl halides is 3. The maximum atomic E-state index is 12.6. The minimum atomic E-state index is -4.87. The summed E-state index contributed by atoms with van der Waals surface area (Å²) in [4.78, 5) is 27.4. The molecule has 10 heteroatoms. The van der Waals surface area contributed by atoms with Gasteiger partial charge in [0.15, 0.2) is 0 Å². The Morgan fingerprint density at radius 2 is 1.97 bits per heavy atom. The Bertz CT molecular complexity index is 1090. The van der Waals surface area contributed by atoms with Crippen LogP contribution in [0.5, 0.6) is 5.75 Å². The number of nitrogens with two attached hydrogens (primary N) is 1. The maximum Gasteiger partial charge on any atom is 0.573 e. The van der Waals surface area contributed by atoms with Gasteiger partial charge in [0.1, 0.15) is 17.3 Å². The summed E-state index contributed by atoms with van der Waals surface area (Å²) in [6.07, 6.45) is -4.74. The fraction of sp³-hybridized carbons (Fsp3) is 0.211. The monoisotopic (exact) mass is 407 g/mol. The highest BCUT2D eigenvalue weighted by Gasteiger charge is 2.31. The first kappa shape index (κ1) is 20.2. The number of primary amides is 1. The van der Waals surface area contributed by atoms with Crippen LogP contribution in [0.1, 0.15) is 23.1 Å². The van der Waals surface area contributed by atoms with Crippen molar-refractivity contribution in [3.05, 3.63) is 53.9 Å². The van der Waals surface area contributed by atoms with Crippen LogP contribution < -0.4 is 10.5 Å². The number of nitrogens with zero attached hydrogens (tertiary/aromatic N) is 2. The van der Waals surface area contributed by atoms with Crippen molar-refractivity contribution in [2.45, 2.75) is 19.7 Å². The number of amides is 1. The van der Waals surface area contributed by atoms with Gasteiger partial charge in [-0.25, -0.2) is 4.98 Å². The molecule has 2 heterocycles. The van der Waals surface area contributed by atoms with Crippen molar-refractivity contribution in [1.29, 1.82) is 0 Å². The number of carboxylic acid groups (broad SMARTS) is 1. The van der Waals surface area contributed by atoms with E-state index in [-0.39, 0.29) is 23.4 Å². The van der Waals surface area contributed by atoms with Crippen LogP contribution in [-0.2, 0) is 11.2 Å². The molecule has 7 nitrogen and oxygen atoms in total. The summed E-state index contributed by atoms with van der Waals surface area (Å²) in [5.74, 6) is -2.73. The minimum absolute atomic E-state index is 0.0140. The van der Waals surface area contributed by atoms with Gasteiger partial charge in [-0.15, -0.1) is 13.2 Å². The number of ether oxygens (including phenoxy) is 1. The molecule has 0 radical (unpaired) electrons. The summed E-state index contributed by atoms with van der Waals surface area (Å²) in [7, 11) is 0. The van der Waals surface area contributed by atoms with Gasteiger partial charge in [0.25, 0.3) is 5.91 Å². The van der Waals surface area contributed by atoms with Gasteiger partial charge in [-0.2, -0.15) is 0 Å². The van der Waals surface area contributed by atoms with Gasteiger partial charge >= 0.3 is 12.3 Å². The molecular formula is C19H16F3N3O4. The van der Waals surface area contributed by atoms with E-state index >= 15 is 0 Å². The fourth-order valence-corrected chi connectivity index (χ4v) is 2.91. The molecule has 1 aromatic carbocycles. The first-order chi connectivity index (χ1) is 13.5. The molecular weight excluding hydrogens is 391 g/mol. The van der Waals surface area contributed by atoms with E-state index in [1.807, 2.05) is 0 Å². The van der Waals surface area contributed by atoms with E-state index in [1.54, 1.807) is 12.1 Å². The molecule has 29 heavy (non-hydrogen) atoms. The van der Waals surface area contributed by atoms with Crippen LogP contribution in [0.2, 0.25) is 0 Å². The van der Waals surface area contributed by atoms with E-state index in [1.165, 1.54) is 29.7 Å². The van der Waals surface area contributed by atoms with E-state index < -0.39 is 29.9 Å². The predicted octanol–water partition coefficient (Wildman–Crippen LogP) is 3.29. The number of hydrogen-bond donors (Lipinski definition) is 2. The normalized spacial score (nSPS) is 12.7. The average Bonchev–Trinajstić information content (AvgIpc) is 2.99. The van der Waals surface area contributed by atoms with Crippen LogP contribution in [0.3, 0.4) is 0 Å². The zero-order valence-corrected chi connectivity index (χ0v) is 15.1. The Labute approximate surface area is 162 Å². The van der Waals surface area contributed by atoms with E-state index in [0.717, 1.165) is 12.1 Å². The van der Waals surface area contributed by atoms with E-state index in [9.17, 15) is 22.8 Å². The Morgan fingerprint density at radius 1 is 1.24 bits per heavy atom. The minimum Gasteiger partial charge on any atom is -0.481 e. The van der Waals surface area contributed by atoms with E-state index in [2.05, 4.69) is 9.72 Å². The third kappa shape index (κ3) is 4.48. The first-order valence-corrected chi connectivity index (χ1v) is 8.45. The molecule has 3 rings (SSSR count). The summed E-state index contributed by atoms with van der Waals surface area (Å²) < 4.78 is 43.0. The number of rotatable bonds is 6. The summed E-state index contributed by atoms with van der Waals surface area (Å²) in [5.41, 5.74) is 6.13. The lowest BCUT2D eigenvalue weighted by Gasteiger charge is -2.12. The standard InChI is InChI=1S/C19H16F3N3O4/c1-10(18(27)28)7-12-3-2-4-16(24-12)25-14-9-13(29-19(20,21)22)6-5-11(14)8-15(25)17(23)26/h2-6,8-10H,7H2,1H3,(H2,23,26)(H,27,28). The zero-order valence-electron chi connectivity index (χ0n) is 15.1. The molecule has 152 valence electrons. The Morgan fingerprint density at radius 3 is 2.59 bits per heavy atom. The second-order valence-electron chi connectivity index (χ2n) is 6.43. The van der Waals surface area contributed by atoms with Gasteiger partial charge in [0.2, 0.25) is 0 Å². The first-order valence-electron chi connectivity index (χ1n) is 8.45. The zero-order chi connectivity index (χ0) is 21.3. The van der Waals surface area contributed by atoms with Crippen molar-refractivity contribution in [2.24, 2.45) is 11.7 Å². The predicted molar refractivity (Wildman–Crippen MR) is 96.8 cm³/mol. The number of hydrogen-bond acceptors (Lipinski definition) is 4. The summed E-state index contributed by atoms with van der Waals surface area (Å²) in [6, 6.07) is 9.83. The highest BCUT2D eigenvalue weighted by molar-refractivity contribution is 5.99. The lowest BCUT2D eigenvalue weighted by molar-refractivity contribution is -0.274. The SMILES string of the molecule is CC(Cc1cccc(-n2c(C(N)=O)cc3ccc(OC(F)(F)F)cc32)n1)C(=O)O. The highest BCUT2D eigenvalue weighted by Crippen LogP contribution is 2.30. The molecule has 3 aromatic rings. The summed E-state index contributed by atoms with van der Waals surface area (Å²) >= 11 is 0. The van der Waals surface area contributed by atoms with Gasteiger partial charge in [0, 0.05) is 23.6 Å². The van der Waals surface area contributed by atoms with Crippen molar-refractivity contribution in [3.8, 4) is 11.6 Å². The van der Waals surface area contributed by atoms with Crippen LogP contribution >= 0.6 is 0 Å². The van der Waals surface area contributed by atoms with Gasteiger partial charge < -0.3 is 15.6 Å². The van der Waals surface area contributed by atoms with Crippen molar-refractivity contribution in [2.75, 3.05) is 0 Å². The van der Waals surface area contributed by atoms with Crippen LogP contribution in [0.15, 0.2) is 42.5 Å². The Kier molecular flexibility index (Phi) is 5.19. The van der Waals surface area contributed by atoms with Gasteiger partial charge in [-0.1, -0.05) is 13.0 Å². The number of halogens is 3.